The molecule has 7 heteroatoms. The van der Waals surface area contributed by atoms with E-state index in [1.54, 1.807) is 23.1 Å². The first-order valence-electron chi connectivity index (χ1n) is 9.41. The number of piperazine rings is 1. The van der Waals surface area contributed by atoms with Gasteiger partial charge in [0.2, 0.25) is 0 Å². The van der Waals surface area contributed by atoms with Crippen molar-refractivity contribution in [3.8, 4) is 5.75 Å². The lowest BCUT2D eigenvalue weighted by Gasteiger charge is -2.35. The normalized spacial score (nSPS) is 15.4. The van der Waals surface area contributed by atoms with Crippen molar-refractivity contribution in [2.75, 3.05) is 39.0 Å². The number of benzene rings is 2. The molecule has 3 rings (SSSR count). The van der Waals surface area contributed by atoms with E-state index < -0.39 is 9.84 Å². The second-order valence-electron chi connectivity index (χ2n) is 6.91. The van der Waals surface area contributed by atoms with Gasteiger partial charge in [-0.25, -0.2) is 8.42 Å². The second kappa shape index (κ2) is 8.75. The van der Waals surface area contributed by atoms with Crippen LogP contribution in [0.15, 0.2) is 53.4 Å². The molecule has 0 N–H and O–H groups in total. The van der Waals surface area contributed by atoms with Crippen molar-refractivity contribution in [3.05, 3.63) is 59.7 Å². The summed E-state index contributed by atoms with van der Waals surface area (Å²) in [5.41, 5.74) is 1.45. The Bertz CT molecular complexity index is 918. The highest BCUT2D eigenvalue weighted by Gasteiger charge is 2.26. The Morgan fingerprint density at radius 3 is 2.25 bits per heavy atom. The summed E-state index contributed by atoms with van der Waals surface area (Å²) in [6.45, 7) is 6.08. The summed E-state index contributed by atoms with van der Waals surface area (Å²) < 4.78 is 29.4. The summed E-state index contributed by atoms with van der Waals surface area (Å²) in [4.78, 5) is 17.0. The van der Waals surface area contributed by atoms with Crippen molar-refractivity contribution >= 4 is 15.7 Å². The van der Waals surface area contributed by atoms with Gasteiger partial charge >= 0.3 is 0 Å². The van der Waals surface area contributed by atoms with Gasteiger partial charge in [0.05, 0.1) is 17.1 Å². The smallest absolute Gasteiger partial charge is 0.255 e. The molecule has 2 aromatic rings. The van der Waals surface area contributed by atoms with Crippen molar-refractivity contribution < 1.29 is 17.9 Å². The molecule has 0 radical (unpaired) electrons. The minimum absolute atomic E-state index is 0.0943. The molecule has 1 aliphatic rings. The van der Waals surface area contributed by atoms with E-state index >= 15 is 0 Å². The van der Waals surface area contributed by atoms with Gasteiger partial charge in [0, 0.05) is 39.0 Å². The van der Waals surface area contributed by atoms with Crippen LogP contribution in [-0.4, -0.2) is 63.2 Å². The zero-order valence-corrected chi connectivity index (χ0v) is 17.1. The fraction of sp³-hybridized carbons (Fsp3) is 0.381. The molecule has 1 aliphatic heterocycles. The van der Waals surface area contributed by atoms with Crippen LogP contribution in [0.3, 0.4) is 0 Å². The molecule has 0 bridgehead atoms. The van der Waals surface area contributed by atoms with Crippen LogP contribution in [0.5, 0.6) is 5.75 Å². The Morgan fingerprint density at radius 1 is 1.00 bits per heavy atom. The largest absolute Gasteiger partial charge is 0.494 e. The van der Waals surface area contributed by atoms with Crippen molar-refractivity contribution in [2.45, 2.75) is 18.4 Å². The predicted octanol–water partition coefficient (Wildman–Crippen LogP) is 2.45. The van der Waals surface area contributed by atoms with E-state index in [9.17, 15) is 13.2 Å². The molecule has 2 aromatic carbocycles. The molecule has 0 aromatic heterocycles. The fourth-order valence-corrected chi connectivity index (χ4v) is 4.24. The molecule has 6 nitrogen and oxygen atoms in total. The van der Waals surface area contributed by atoms with Crippen LogP contribution in [-0.2, 0) is 16.4 Å². The topological polar surface area (TPSA) is 66.9 Å². The number of carbonyl (C=O) groups is 1. The molecule has 0 saturated carbocycles. The summed E-state index contributed by atoms with van der Waals surface area (Å²) in [6, 6.07) is 14.5. The van der Waals surface area contributed by atoms with Gasteiger partial charge in [-0.05, 0) is 36.8 Å². The van der Waals surface area contributed by atoms with Crippen molar-refractivity contribution in [3.63, 3.8) is 0 Å². The number of hydrogen-bond donors (Lipinski definition) is 0. The van der Waals surface area contributed by atoms with E-state index in [-0.39, 0.29) is 16.4 Å². The first-order valence-corrected chi connectivity index (χ1v) is 11.3. The lowest BCUT2D eigenvalue weighted by Crippen LogP contribution is -2.48. The number of carbonyl (C=O) groups excluding carboxylic acids is 1. The van der Waals surface area contributed by atoms with Gasteiger partial charge in [-0.2, -0.15) is 0 Å². The van der Waals surface area contributed by atoms with E-state index in [0.717, 1.165) is 31.6 Å². The number of ether oxygens (including phenoxy) is 1. The molecule has 1 amide bonds. The second-order valence-corrected chi connectivity index (χ2v) is 8.90. The molecule has 150 valence electrons. The summed E-state index contributed by atoms with van der Waals surface area (Å²) >= 11 is 0. The summed E-state index contributed by atoms with van der Waals surface area (Å²) in [5, 5.41) is 0. The first-order chi connectivity index (χ1) is 13.4. The van der Waals surface area contributed by atoms with Gasteiger partial charge in [-0.1, -0.05) is 24.3 Å². The maximum Gasteiger partial charge on any atom is 0.255 e. The van der Waals surface area contributed by atoms with E-state index in [2.05, 4.69) is 17.0 Å². The van der Waals surface area contributed by atoms with Gasteiger partial charge in [-0.3, -0.25) is 9.69 Å². The molecular formula is C21H26N2O4S. The van der Waals surface area contributed by atoms with E-state index in [4.69, 9.17) is 4.74 Å². The summed E-state index contributed by atoms with van der Waals surface area (Å²) in [7, 11) is -3.44. The average molecular weight is 403 g/mol. The van der Waals surface area contributed by atoms with E-state index in [1.807, 2.05) is 19.1 Å². The Labute approximate surface area is 166 Å². The first kappa shape index (κ1) is 20.4. The lowest BCUT2D eigenvalue weighted by atomic mass is 10.1. The molecule has 1 heterocycles. The predicted molar refractivity (Wildman–Crippen MR) is 108 cm³/mol. The highest BCUT2D eigenvalue weighted by atomic mass is 32.2. The molecule has 1 saturated heterocycles. The summed E-state index contributed by atoms with van der Waals surface area (Å²) in [6.07, 6.45) is 1.13. The van der Waals surface area contributed by atoms with Crippen LogP contribution in [0.4, 0.5) is 0 Å². The van der Waals surface area contributed by atoms with Crippen molar-refractivity contribution in [1.29, 1.82) is 0 Å². The third kappa shape index (κ3) is 4.91. The van der Waals surface area contributed by atoms with Crippen LogP contribution in [0.1, 0.15) is 22.8 Å². The molecule has 28 heavy (non-hydrogen) atoms. The number of hydrogen-bond acceptors (Lipinski definition) is 5. The maximum absolute atomic E-state index is 12.9. The Kier molecular flexibility index (Phi) is 6.36. The number of amides is 1. The van der Waals surface area contributed by atoms with Crippen molar-refractivity contribution in [2.24, 2.45) is 0 Å². The zero-order chi connectivity index (χ0) is 20.1. The van der Waals surface area contributed by atoms with Gasteiger partial charge in [0.25, 0.3) is 5.91 Å². The van der Waals surface area contributed by atoms with Crippen LogP contribution >= 0.6 is 0 Å². The third-order valence-electron chi connectivity index (χ3n) is 4.82. The van der Waals surface area contributed by atoms with Crippen LogP contribution in [0, 0.1) is 0 Å². The molecule has 0 unspecified atom stereocenters. The summed E-state index contributed by atoms with van der Waals surface area (Å²) in [5.74, 6) is 0.646. The Balaban J connectivity index is 1.60. The van der Waals surface area contributed by atoms with Gasteiger partial charge in [0.1, 0.15) is 5.75 Å². The maximum atomic E-state index is 12.9. The van der Waals surface area contributed by atoms with Crippen molar-refractivity contribution in [1.82, 2.24) is 9.80 Å². The zero-order valence-electron chi connectivity index (χ0n) is 16.3. The minimum atomic E-state index is -3.44. The highest BCUT2D eigenvalue weighted by molar-refractivity contribution is 7.90. The van der Waals surface area contributed by atoms with Gasteiger partial charge in [-0.15, -0.1) is 0 Å². The average Bonchev–Trinajstić information content (AvgIpc) is 2.69. The number of sulfone groups is 1. The van der Waals surface area contributed by atoms with E-state index in [1.165, 1.54) is 11.6 Å². The van der Waals surface area contributed by atoms with Gasteiger partial charge < -0.3 is 9.64 Å². The van der Waals surface area contributed by atoms with Crippen LogP contribution in [0.2, 0.25) is 0 Å². The van der Waals surface area contributed by atoms with Crippen LogP contribution < -0.4 is 4.74 Å². The molecule has 0 atom stereocenters. The third-order valence-corrected chi connectivity index (χ3v) is 5.97. The monoisotopic (exact) mass is 402 g/mol. The number of nitrogens with zero attached hydrogens (tertiary/aromatic N) is 2. The SMILES string of the molecule is CCOc1ccc(CN2CCN(C(=O)c3ccccc3S(C)(=O)=O)CC2)cc1. The molecule has 0 aliphatic carbocycles. The van der Waals surface area contributed by atoms with E-state index in [0.29, 0.717) is 19.7 Å². The Morgan fingerprint density at radius 2 is 1.64 bits per heavy atom. The van der Waals surface area contributed by atoms with Crippen LogP contribution in [0.25, 0.3) is 0 Å². The lowest BCUT2D eigenvalue weighted by molar-refractivity contribution is 0.0624. The standard InChI is InChI=1S/C21H26N2O4S/c1-3-27-18-10-8-17(9-11-18)16-22-12-14-23(15-13-22)21(24)19-6-4-5-7-20(19)28(2,25)26/h4-11H,3,12-16H2,1-2H3. The minimum Gasteiger partial charge on any atom is -0.494 e. The Hall–Kier alpha value is -2.38. The number of rotatable bonds is 6. The molecular weight excluding hydrogens is 376 g/mol. The quantitative estimate of drug-likeness (QED) is 0.743. The molecule has 1 fully saturated rings. The van der Waals surface area contributed by atoms with Gasteiger partial charge in [0.15, 0.2) is 9.84 Å². The molecule has 0 spiro atoms. The highest BCUT2D eigenvalue weighted by Crippen LogP contribution is 2.19. The fourth-order valence-electron chi connectivity index (χ4n) is 3.36.